The summed E-state index contributed by atoms with van der Waals surface area (Å²) in [6, 6.07) is 10.3. The third-order valence-electron chi connectivity index (χ3n) is 3.93. The number of nitrogens with one attached hydrogen (secondary N) is 2. The Bertz CT molecular complexity index is 741. The maximum absolute atomic E-state index is 5.89. The van der Waals surface area contributed by atoms with Crippen LogP contribution >= 0.6 is 23.6 Å². The molecule has 0 radical (unpaired) electrons. The summed E-state index contributed by atoms with van der Waals surface area (Å²) >= 11 is 6.80. The number of nitrogen functional groups attached to an aromatic ring is 1. The van der Waals surface area contributed by atoms with Gasteiger partial charge in [-0.15, -0.1) is 11.3 Å². The van der Waals surface area contributed by atoms with Crippen molar-refractivity contribution in [2.75, 3.05) is 18.8 Å². The molecule has 6 N–H and O–H groups in total. The molecule has 0 fully saturated rings. The fourth-order valence-corrected chi connectivity index (χ4v) is 3.53. The van der Waals surface area contributed by atoms with Gasteiger partial charge in [-0.05, 0) is 43.5 Å². The highest BCUT2D eigenvalue weighted by Crippen LogP contribution is 2.20. The molecule has 0 bridgehead atoms. The molecule has 0 aliphatic rings. The normalized spacial score (nSPS) is 12.6. The van der Waals surface area contributed by atoms with Crippen molar-refractivity contribution >= 4 is 39.8 Å². The summed E-state index contributed by atoms with van der Waals surface area (Å²) in [6.07, 6.45) is 1.78. The Hall–Kier alpha value is -2.19. The first kappa shape index (κ1) is 20.1. The number of aliphatic imine (C=N–C) groups is 1. The molecule has 1 heterocycles. The largest absolute Gasteiger partial charge is 0.375 e. The highest BCUT2D eigenvalue weighted by atomic mass is 32.1. The highest BCUT2D eigenvalue weighted by molar-refractivity contribution is 7.80. The van der Waals surface area contributed by atoms with E-state index in [0.717, 1.165) is 25.1 Å². The molecule has 0 unspecified atom stereocenters. The van der Waals surface area contributed by atoms with Gasteiger partial charge in [0.15, 0.2) is 16.2 Å². The van der Waals surface area contributed by atoms with Gasteiger partial charge in [0.05, 0.1) is 5.69 Å². The van der Waals surface area contributed by atoms with E-state index in [-0.39, 0.29) is 0 Å². The van der Waals surface area contributed by atoms with Crippen molar-refractivity contribution in [2.45, 2.75) is 32.6 Å². The van der Waals surface area contributed by atoms with Gasteiger partial charge in [-0.2, -0.15) is 0 Å². The van der Waals surface area contributed by atoms with Gasteiger partial charge in [-0.25, -0.2) is 4.98 Å². The maximum atomic E-state index is 5.89. The van der Waals surface area contributed by atoms with Gasteiger partial charge in [0.2, 0.25) is 0 Å². The van der Waals surface area contributed by atoms with Crippen molar-refractivity contribution < 1.29 is 0 Å². The average molecular weight is 391 g/mol. The van der Waals surface area contributed by atoms with Crippen molar-refractivity contribution in [3.63, 3.8) is 0 Å². The quantitative estimate of drug-likeness (QED) is 0.251. The summed E-state index contributed by atoms with van der Waals surface area (Å²) in [6.45, 7) is 5.48. The minimum Gasteiger partial charge on any atom is -0.375 e. The smallest absolute Gasteiger partial charge is 0.194 e. The van der Waals surface area contributed by atoms with Crippen molar-refractivity contribution in [3.05, 3.63) is 46.5 Å². The lowest BCUT2D eigenvalue weighted by Crippen LogP contribution is -2.44. The minimum absolute atomic E-state index is 0.329. The Morgan fingerprint density at radius 2 is 2.08 bits per heavy atom. The van der Waals surface area contributed by atoms with Crippen LogP contribution in [-0.4, -0.2) is 29.1 Å². The molecule has 140 valence electrons. The van der Waals surface area contributed by atoms with Crippen molar-refractivity contribution in [2.24, 2.45) is 10.7 Å². The second kappa shape index (κ2) is 10.1. The van der Waals surface area contributed by atoms with Crippen LogP contribution in [0.15, 0.2) is 35.3 Å². The summed E-state index contributed by atoms with van der Waals surface area (Å²) in [7, 11) is 0. The fraction of sp³-hybridized carbons (Fsp3) is 0.389. The first-order valence-electron chi connectivity index (χ1n) is 8.57. The van der Waals surface area contributed by atoms with E-state index in [4.69, 9.17) is 23.7 Å². The van der Waals surface area contributed by atoms with Gasteiger partial charge in [0.1, 0.15) is 0 Å². The van der Waals surface area contributed by atoms with Crippen molar-refractivity contribution in [1.82, 2.24) is 15.6 Å². The number of benzene rings is 1. The molecule has 0 aliphatic carbocycles. The Balaban J connectivity index is 1.67. The maximum Gasteiger partial charge on any atom is 0.194 e. The number of thiazole rings is 1. The molecular formula is C18H26N6S2. The van der Waals surface area contributed by atoms with E-state index in [0.29, 0.717) is 28.7 Å². The van der Waals surface area contributed by atoms with Crippen LogP contribution in [0.5, 0.6) is 0 Å². The zero-order valence-corrected chi connectivity index (χ0v) is 16.8. The lowest BCUT2D eigenvalue weighted by atomic mass is 10.0. The van der Waals surface area contributed by atoms with Crippen LogP contribution in [0.3, 0.4) is 0 Å². The molecule has 6 nitrogen and oxygen atoms in total. The SMILES string of the molecule is Cc1nc(N)sc1CCCN=C(N)NC(=S)NC[C@H](C)c1ccccc1. The first-order chi connectivity index (χ1) is 12.5. The Morgan fingerprint density at radius 3 is 2.73 bits per heavy atom. The van der Waals surface area contributed by atoms with Gasteiger partial charge in [0, 0.05) is 18.0 Å². The first-order valence-corrected chi connectivity index (χ1v) is 9.79. The molecule has 1 aromatic heterocycles. The van der Waals surface area contributed by atoms with E-state index < -0.39 is 0 Å². The predicted octanol–water partition coefficient (Wildman–Crippen LogP) is 2.55. The molecule has 8 heteroatoms. The number of aryl methyl sites for hydroxylation is 2. The molecule has 0 saturated carbocycles. The summed E-state index contributed by atoms with van der Waals surface area (Å²) < 4.78 is 0. The Labute approximate surface area is 164 Å². The fourth-order valence-electron chi connectivity index (χ4n) is 2.47. The lowest BCUT2D eigenvalue weighted by molar-refractivity contribution is 0.718. The number of nitrogens with zero attached hydrogens (tertiary/aromatic N) is 2. The van der Waals surface area contributed by atoms with E-state index >= 15 is 0 Å². The Kier molecular flexibility index (Phi) is 7.80. The van der Waals surface area contributed by atoms with Crippen LogP contribution in [0.4, 0.5) is 5.13 Å². The third-order valence-corrected chi connectivity index (χ3v) is 5.23. The Morgan fingerprint density at radius 1 is 1.35 bits per heavy atom. The lowest BCUT2D eigenvalue weighted by Gasteiger charge is -2.15. The zero-order chi connectivity index (χ0) is 18.9. The molecule has 1 aromatic carbocycles. The number of nitrogens with two attached hydrogens (primary N) is 2. The molecule has 2 rings (SSSR count). The van der Waals surface area contributed by atoms with Crippen LogP contribution in [0, 0.1) is 6.92 Å². The second-order valence-corrected chi connectivity index (χ2v) is 7.60. The molecule has 0 saturated heterocycles. The van der Waals surface area contributed by atoms with E-state index in [1.807, 2.05) is 25.1 Å². The topological polar surface area (TPSA) is 101 Å². The molecule has 0 aliphatic heterocycles. The monoisotopic (exact) mass is 390 g/mol. The number of anilines is 1. The van der Waals surface area contributed by atoms with Crippen LogP contribution < -0.4 is 22.1 Å². The molecule has 0 spiro atoms. The van der Waals surface area contributed by atoms with Gasteiger partial charge >= 0.3 is 0 Å². The summed E-state index contributed by atoms with van der Waals surface area (Å²) in [4.78, 5) is 9.73. The van der Waals surface area contributed by atoms with Crippen molar-refractivity contribution in [3.8, 4) is 0 Å². The third kappa shape index (κ3) is 6.61. The number of hydrogen-bond acceptors (Lipinski definition) is 5. The second-order valence-electron chi connectivity index (χ2n) is 6.08. The van der Waals surface area contributed by atoms with Crippen molar-refractivity contribution in [1.29, 1.82) is 0 Å². The molecule has 26 heavy (non-hydrogen) atoms. The van der Waals surface area contributed by atoms with Crippen LogP contribution in [-0.2, 0) is 6.42 Å². The van der Waals surface area contributed by atoms with E-state index in [1.54, 1.807) is 0 Å². The van der Waals surface area contributed by atoms with Crippen LogP contribution in [0.25, 0.3) is 0 Å². The number of thiocarbonyl (C=S) groups is 1. The predicted molar refractivity (Wildman–Crippen MR) is 115 cm³/mol. The molecule has 2 aromatic rings. The number of aromatic nitrogens is 1. The highest BCUT2D eigenvalue weighted by Gasteiger charge is 2.07. The molecule has 0 amide bonds. The number of hydrogen-bond donors (Lipinski definition) is 4. The number of rotatable bonds is 7. The average Bonchev–Trinajstić information content (AvgIpc) is 2.94. The van der Waals surface area contributed by atoms with E-state index in [1.165, 1.54) is 21.8 Å². The molecular weight excluding hydrogens is 364 g/mol. The van der Waals surface area contributed by atoms with Crippen LogP contribution in [0.2, 0.25) is 0 Å². The summed E-state index contributed by atoms with van der Waals surface area (Å²) in [5, 5.41) is 7.20. The standard InChI is InChI=1S/C18H26N6S2/c1-12(14-7-4-3-5-8-14)11-22-18(25)24-16(19)21-10-6-9-15-13(2)23-17(20)26-15/h3-5,7-8,12H,6,9-11H2,1-2H3,(H2,20,23)(H4,19,21,22,24,25)/t12-/m0/s1. The van der Waals surface area contributed by atoms with Crippen LogP contribution in [0.1, 0.15) is 35.4 Å². The van der Waals surface area contributed by atoms with E-state index in [9.17, 15) is 0 Å². The van der Waals surface area contributed by atoms with Gasteiger partial charge < -0.3 is 22.1 Å². The minimum atomic E-state index is 0.329. The van der Waals surface area contributed by atoms with Gasteiger partial charge in [-0.3, -0.25) is 4.99 Å². The van der Waals surface area contributed by atoms with E-state index in [2.05, 4.69) is 39.7 Å². The molecule has 1 atom stereocenters. The summed E-state index contributed by atoms with van der Waals surface area (Å²) in [5.41, 5.74) is 13.9. The summed E-state index contributed by atoms with van der Waals surface area (Å²) in [5.74, 6) is 0.680. The van der Waals surface area contributed by atoms with Gasteiger partial charge in [0.25, 0.3) is 0 Å². The zero-order valence-electron chi connectivity index (χ0n) is 15.2. The van der Waals surface area contributed by atoms with Gasteiger partial charge in [-0.1, -0.05) is 37.3 Å². The number of guanidine groups is 1.